The molecule has 0 aliphatic rings. The molecule has 0 bridgehead atoms. The molecule has 1 nitrogen and oxygen atoms in total. The summed E-state index contributed by atoms with van der Waals surface area (Å²) in [5.74, 6) is -0.206. The van der Waals surface area contributed by atoms with Crippen LogP contribution in [0.3, 0.4) is 0 Å². The maximum absolute atomic E-state index is 13.6. The minimum atomic E-state index is -0.206. The van der Waals surface area contributed by atoms with Gasteiger partial charge in [0.05, 0.1) is 6.04 Å². The van der Waals surface area contributed by atoms with Gasteiger partial charge >= 0.3 is 0 Å². The first-order valence-corrected chi connectivity index (χ1v) is 8.05. The van der Waals surface area contributed by atoms with Gasteiger partial charge in [0.1, 0.15) is 5.82 Å². The number of rotatable bonds is 4. The maximum atomic E-state index is 13.6. The van der Waals surface area contributed by atoms with Gasteiger partial charge in [-0.3, -0.25) is 0 Å². The molecule has 4 heteroatoms. The number of hydrogen-bond acceptors (Lipinski definition) is 1. The van der Waals surface area contributed by atoms with E-state index in [2.05, 4.69) is 56.2 Å². The van der Waals surface area contributed by atoms with Crippen molar-refractivity contribution in [1.29, 1.82) is 0 Å². The van der Waals surface area contributed by atoms with Gasteiger partial charge in [0, 0.05) is 8.95 Å². The van der Waals surface area contributed by atoms with Crippen LogP contribution in [0.5, 0.6) is 0 Å². The van der Waals surface area contributed by atoms with Crippen LogP contribution in [0.1, 0.15) is 29.7 Å². The SMILES string of the molecule is CCNC(c1cc(Br)cc(Br)c1)c1cc(F)ccc1C. The molecule has 0 aliphatic carbocycles. The Morgan fingerprint density at radius 1 is 1.10 bits per heavy atom. The Morgan fingerprint density at radius 3 is 2.35 bits per heavy atom. The second-order valence-corrected chi connectivity index (χ2v) is 6.53. The second kappa shape index (κ2) is 6.83. The largest absolute Gasteiger partial charge is 0.307 e. The van der Waals surface area contributed by atoms with E-state index in [1.807, 2.05) is 19.1 Å². The number of benzene rings is 2. The van der Waals surface area contributed by atoms with Crippen molar-refractivity contribution in [2.24, 2.45) is 0 Å². The number of hydrogen-bond donors (Lipinski definition) is 1. The van der Waals surface area contributed by atoms with E-state index >= 15 is 0 Å². The lowest BCUT2D eigenvalue weighted by Crippen LogP contribution is -2.23. The first-order valence-electron chi connectivity index (χ1n) is 6.46. The first-order chi connectivity index (χ1) is 9.51. The molecule has 0 spiro atoms. The molecule has 0 heterocycles. The third kappa shape index (κ3) is 3.68. The van der Waals surface area contributed by atoms with E-state index in [0.29, 0.717) is 0 Å². The Labute approximate surface area is 135 Å². The van der Waals surface area contributed by atoms with Crippen LogP contribution in [0.4, 0.5) is 4.39 Å². The van der Waals surface area contributed by atoms with E-state index in [-0.39, 0.29) is 11.9 Å². The second-order valence-electron chi connectivity index (χ2n) is 4.69. The summed E-state index contributed by atoms with van der Waals surface area (Å²) in [5, 5.41) is 3.43. The van der Waals surface area contributed by atoms with Gasteiger partial charge in [0.2, 0.25) is 0 Å². The van der Waals surface area contributed by atoms with Gasteiger partial charge in [-0.1, -0.05) is 44.8 Å². The monoisotopic (exact) mass is 399 g/mol. The average Bonchev–Trinajstić information content (AvgIpc) is 2.38. The molecule has 0 amide bonds. The smallest absolute Gasteiger partial charge is 0.123 e. The van der Waals surface area contributed by atoms with Crippen LogP contribution in [-0.4, -0.2) is 6.54 Å². The van der Waals surface area contributed by atoms with Crippen LogP contribution < -0.4 is 5.32 Å². The third-order valence-electron chi connectivity index (χ3n) is 3.18. The molecule has 1 unspecified atom stereocenters. The highest BCUT2D eigenvalue weighted by molar-refractivity contribution is 9.11. The van der Waals surface area contributed by atoms with Crippen LogP contribution in [-0.2, 0) is 0 Å². The highest BCUT2D eigenvalue weighted by Crippen LogP contribution is 2.30. The zero-order valence-corrected chi connectivity index (χ0v) is 14.6. The van der Waals surface area contributed by atoms with Crippen molar-refractivity contribution in [2.45, 2.75) is 19.9 Å². The van der Waals surface area contributed by atoms with Crippen LogP contribution in [0.25, 0.3) is 0 Å². The number of halogens is 3. The Bertz CT molecular complexity index is 593. The van der Waals surface area contributed by atoms with Gasteiger partial charge in [-0.15, -0.1) is 0 Å². The van der Waals surface area contributed by atoms with Gasteiger partial charge in [-0.25, -0.2) is 4.39 Å². The van der Waals surface area contributed by atoms with Crippen molar-refractivity contribution in [1.82, 2.24) is 5.32 Å². The van der Waals surface area contributed by atoms with Gasteiger partial charge in [-0.2, -0.15) is 0 Å². The summed E-state index contributed by atoms with van der Waals surface area (Å²) < 4.78 is 15.6. The normalized spacial score (nSPS) is 12.4. The van der Waals surface area contributed by atoms with E-state index in [1.165, 1.54) is 6.07 Å². The molecule has 0 saturated heterocycles. The molecule has 1 atom stereocenters. The van der Waals surface area contributed by atoms with Crippen molar-refractivity contribution >= 4 is 31.9 Å². The maximum Gasteiger partial charge on any atom is 0.123 e. The van der Waals surface area contributed by atoms with Crippen molar-refractivity contribution in [3.63, 3.8) is 0 Å². The third-order valence-corrected chi connectivity index (χ3v) is 4.09. The molecule has 2 aromatic carbocycles. The summed E-state index contributed by atoms with van der Waals surface area (Å²) in [7, 11) is 0. The summed E-state index contributed by atoms with van der Waals surface area (Å²) in [4.78, 5) is 0. The van der Waals surface area contributed by atoms with Crippen molar-refractivity contribution in [2.75, 3.05) is 6.54 Å². The van der Waals surface area contributed by atoms with Gasteiger partial charge in [-0.05, 0) is 60.5 Å². The molecule has 106 valence electrons. The van der Waals surface area contributed by atoms with Gasteiger partial charge in [0.15, 0.2) is 0 Å². The quantitative estimate of drug-likeness (QED) is 0.728. The summed E-state index contributed by atoms with van der Waals surface area (Å²) in [6, 6.07) is 11.0. The van der Waals surface area contributed by atoms with Gasteiger partial charge < -0.3 is 5.32 Å². The molecule has 0 aliphatic heterocycles. The van der Waals surface area contributed by atoms with Crippen LogP contribution >= 0.6 is 31.9 Å². The fourth-order valence-corrected chi connectivity index (χ4v) is 3.60. The van der Waals surface area contributed by atoms with Crippen LogP contribution in [0, 0.1) is 12.7 Å². The predicted octanol–water partition coefficient (Wildman–Crippen LogP) is 5.36. The molecule has 0 fully saturated rings. The fraction of sp³-hybridized carbons (Fsp3) is 0.250. The molecule has 0 aromatic heterocycles. The van der Waals surface area contributed by atoms with E-state index in [1.54, 1.807) is 6.07 Å². The highest BCUT2D eigenvalue weighted by Gasteiger charge is 2.17. The zero-order valence-electron chi connectivity index (χ0n) is 11.4. The molecular formula is C16H16Br2FN. The Morgan fingerprint density at radius 2 is 1.75 bits per heavy atom. The topological polar surface area (TPSA) is 12.0 Å². The van der Waals surface area contributed by atoms with E-state index in [4.69, 9.17) is 0 Å². The highest BCUT2D eigenvalue weighted by atomic mass is 79.9. The fourth-order valence-electron chi connectivity index (χ4n) is 2.28. The Kier molecular flexibility index (Phi) is 5.35. The lowest BCUT2D eigenvalue weighted by atomic mass is 9.95. The summed E-state index contributed by atoms with van der Waals surface area (Å²) in [6.45, 7) is 4.87. The van der Waals surface area contributed by atoms with Gasteiger partial charge in [0.25, 0.3) is 0 Å². The molecule has 2 rings (SSSR count). The molecule has 1 N–H and O–H groups in total. The van der Waals surface area contributed by atoms with Crippen LogP contribution in [0.15, 0.2) is 45.3 Å². The number of aryl methyl sites for hydroxylation is 1. The summed E-state index contributed by atoms with van der Waals surface area (Å²) >= 11 is 7.01. The molecule has 0 saturated carbocycles. The zero-order chi connectivity index (χ0) is 14.7. The van der Waals surface area contributed by atoms with Crippen molar-refractivity contribution in [3.05, 3.63) is 67.9 Å². The van der Waals surface area contributed by atoms with Crippen LogP contribution in [0.2, 0.25) is 0 Å². The van der Waals surface area contributed by atoms with Crippen molar-refractivity contribution in [3.8, 4) is 0 Å². The molecular weight excluding hydrogens is 385 g/mol. The lowest BCUT2D eigenvalue weighted by Gasteiger charge is -2.21. The molecule has 20 heavy (non-hydrogen) atoms. The first kappa shape index (κ1) is 15.7. The average molecular weight is 401 g/mol. The summed E-state index contributed by atoms with van der Waals surface area (Å²) in [6.07, 6.45) is 0. The lowest BCUT2D eigenvalue weighted by molar-refractivity contribution is 0.600. The Balaban J connectivity index is 2.52. The van der Waals surface area contributed by atoms with E-state index in [9.17, 15) is 4.39 Å². The number of nitrogens with one attached hydrogen (secondary N) is 1. The van der Waals surface area contributed by atoms with Crippen molar-refractivity contribution < 1.29 is 4.39 Å². The minimum absolute atomic E-state index is 0.0236. The van der Waals surface area contributed by atoms with E-state index < -0.39 is 0 Å². The standard InChI is InChI=1S/C16H16Br2FN/c1-3-20-16(11-6-12(17)8-13(18)7-11)15-9-14(19)5-4-10(15)2/h4-9,16,20H,3H2,1-2H3. The molecule has 2 aromatic rings. The molecule has 0 radical (unpaired) electrons. The Hall–Kier alpha value is -0.710. The predicted molar refractivity (Wildman–Crippen MR) is 88.5 cm³/mol. The summed E-state index contributed by atoms with van der Waals surface area (Å²) in [5.41, 5.74) is 3.15. The van der Waals surface area contributed by atoms with E-state index in [0.717, 1.165) is 32.2 Å². The minimum Gasteiger partial charge on any atom is -0.307 e.